The van der Waals surface area contributed by atoms with Crippen LogP contribution in [0.25, 0.3) is 11.4 Å². The van der Waals surface area contributed by atoms with Crippen LogP contribution >= 0.6 is 15.9 Å². The highest BCUT2D eigenvalue weighted by atomic mass is 79.9. The van der Waals surface area contributed by atoms with Gasteiger partial charge in [-0.05, 0) is 41.9 Å². The molecule has 2 aromatic carbocycles. The van der Waals surface area contributed by atoms with E-state index < -0.39 is 11.6 Å². The van der Waals surface area contributed by atoms with Crippen LogP contribution in [-0.4, -0.2) is 9.55 Å². The number of nitrogens with zero attached hydrogens (tertiary/aromatic N) is 2. The van der Waals surface area contributed by atoms with Crippen molar-refractivity contribution in [3.05, 3.63) is 80.6 Å². The molecule has 1 heterocycles. The predicted octanol–water partition coefficient (Wildman–Crippen LogP) is 5.11. The third kappa shape index (κ3) is 4.08. The number of hydrogen-bond acceptors (Lipinski definition) is 3. The predicted molar refractivity (Wildman–Crippen MR) is 103 cm³/mol. The van der Waals surface area contributed by atoms with Crippen molar-refractivity contribution in [3.8, 4) is 17.3 Å². The Labute approximate surface area is 163 Å². The van der Waals surface area contributed by atoms with E-state index in [1.807, 2.05) is 44.2 Å². The average molecular weight is 435 g/mol. The van der Waals surface area contributed by atoms with Gasteiger partial charge in [0.25, 0.3) is 5.56 Å². The molecule has 4 nitrogen and oxygen atoms in total. The van der Waals surface area contributed by atoms with Gasteiger partial charge in [-0.1, -0.05) is 30.3 Å². The van der Waals surface area contributed by atoms with Crippen LogP contribution < -0.4 is 10.3 Å². The van der Waals surface area contributed by atoms with E-state index in [2.05, 4.69) is 20.9 Å². The molecule has 27 heavy (non-hydrogen) atoms. The quantitative estimate of drug-likeness (QED) is 0.560. The Balaban J connectivity index is 2.03. The number of rotatable bonds is 5. The first-order chi connectivity index (χ1) is 12.9. The second-order valence-corrected chi connectivity index (χ2v) is 7.01. The highest BCUT2D eigenvalue weighted by Gasteiger charge is 2.19. The summed E-state index contributed by atoms with van der Waals surface area (Å²) in [6.45, 7) is 3.59. The van der Waals surface area contributed by atoms with Crippen molar-refractivity contribution in [3.63, 3.8) is 0 Å². The minimum Gasteiger partial charge on any atom is -0.472 e. The van der Waals surface area contributed by atoms with Crippen molar-refractivity contribution in [1.82, 2.24) is 9.55 Å². The molecule has 0 aliphatic carbocycles. The lowest BCUT2D eigenvalue weighted by molar-refractivity contribution is 0.283. The summed E-state index contributed by atoms with van der Waals surface area (Å²) in [5.41, 5.74) is 0.626. The van der Waals surface area contributed by atoms with Crippen LogP contribution in [0.3, 0.4) is 0 Å². The first-order valence-corrected chi connectivity index (χ1v) is 9.12. The molecule has 0 unspecified atom stereocenters. The van der Waals surface area contributed by atoms with Crippen LogP contribution in [0.4, 0.5) is 8.78 Å². The van der Waals surface area contributed by atoms with Gasteiger partial charge < -0.3 is 4.74 Å². The Hall–Kier alpha value is -2.54. The fourth-order valence-electron chi connectivity index (χ4n) is 2.64. The molecule has 0 spiro atoms. The Morgan fingerprint density at radius 1 is 1.15 bits per heavy atom. The normalized spacial score (nSPS) is 11.0. The van der Waals surface area contributed by atoms with Gasteiger partial charge in [-0.25, -0.2) is 8.78 Å². The molecule has 0 aliphatic heterocycles. The zero-order chi connectivity index (χ0) is 19.6. The Bertz CT molecular complexity index is 1020. The maximum absolute atomic E-state index is 13.8. The lowest BCUT2D eigenvalue weighted by Crippen LogP contribution is -2.26. The molecule has 0 fully saturated rings. The SMILES string of the molecule is CC(C)n1c(-c2ccccc2)nc(OCc2ccc(F)cc2F)c(Br)c1=O. The standard InChI is InChI=1S/C20H17BrF2N2O2/c1-12(2)25-18(13-6-4-3-5-7-13)24-19(17(21)20(25)26)27-11-14-8-9-15(22)10-16(14)23/h3-10,12H,11H2,1-2H3. The summed E-state index contributed by atoms with van der Waals surface area (Å²) in [4.78, 5) is 17.3. The van der Waals surface area contributed by atoms with E-state index in [1.165, 1.54) is 6.07 Å². The van der Waals surface area contributed by atoms with Gasteiger partial charge in [0.15, 0.2) is 0 Å². The molecule has 0 saturated heterocycles. The van der Waals surface area contributed by atoms with Crippen molar-refractivity contribution in [1.29, 1.82) is 0 Å². The van der Waals surface area contributed by atoms with Gasteiger partial charge in [0.1, 0.15) is 28.5 Å². The van der Waals surface area contributed by atoms with E-state index in [-0.39, 0.29) is 34.1 Å². The first-order valence-electron chi connectivity index (χ1n) is 8.32. The molecular formula is C20H17BrF2N2O2. The number of ether oxygens (including phenoxy) is 1. The number of halogens is 3. The van der Waals surface area contributed by atoms with Crippen LogP contribution in [0.2, 0.25) is 0 Å². The third-order valence-corrected chi connectivity index (χ3v) is 4.64. The summed E-state index contributed by atoms with van der Waals surface area (Å²) in [5, 5.41) is 0. The van der Waals surface area contributed by atoms with Gasteiger partial charge in [-0.2, -0.15) is 4.98 Å². The molecule has 0 radical (unpaired) electrons. The van der Waals surface area contributed by atoms with E-state index in [0.717, 1.165) is 17.7 Å². The number of aromatic nitrogens is 2. The molecule has 0 saturated carbocycles. The molecular weight excluding hydrogens is 418 g/mol. The molecule has 140 valence electrons. The van der Waals surface area contributed by atoms with Crippen molar-refractivity contribution >= 4 is 15.9 Å². The van der Waals surface area contributed by atoms with Gasteiger partial charge in [0.2, 0.25) is 5.88 Å². The zero-order valence-electron chi connectivity index (χ0n) is 14.7. The van der Waals surface area contributed by atoms with Gasteiger partial charge in [-0.15, -0.1) is 0 Å². The minimum absolute atomic E-state index is 0.0551. The molecule has 0 amide bonds. The molecule has 1 aromatic heterocycles. The fourth-order valence-corrected chi connectivity index (χ4v) is 3.04. The molecule has 0 aliphatic rings. The van der Waals surface area contributed by atoms with Gasteiger partial charge in [0, 0.05) is 23.2 Å². The second kappa shape index (κ2) is 8.00. The highest BCUT2D eigenvalue weighted by molar-refractivity contribution is 9.10. The zero-order valence-corrected chi connectivity index (χ0v) is 16.3. The average Bonchev–Trinajstić information content (AvgIpc) is 2.64. The highest BCUT2D eigenvalue weighted by Crippen LogP contribution is 2.27. The van der Waals surface area contributed by atoms with Crippen LogP contribution in [0.15, 0.2) is 57.8 Å². The minimum atomic E-state index is -0.718. The largest absolute Gasteiger partial charge is 0.472 e. The molecule has 0 N–H and O–H groups in total. The first kappa shape index (κ1) is 19.2. The van der Waals surface area contributed by atoms with Gasteiger partial charge >= 0.3 is 0 Å². The van der Waals surface area contributed by atoms with Gasteiger partial charge in [-0.3, -0.25) is 9.36 Å². The van der Waals surface area contributed by atoms with Crippen LogP contribution in [0, 0.1) is 11.6 Å². The molecule has 0 atom stereocenters. The van der Waals surface area contributed by atoms with E-state index >= 15 is 0 Å². The maximum Gasteiger partial charge on any atom is 0.272 e. The fraction of sp³-hybridized carbons (Fsp3) is 0.200. The summed E-state index contributed by atoms with van der Waals surface area (Å²) in [7, 11) is 0. The summed E-state index contributed by atoms with van der Waals surface area (Å²) < 4.78 is 34.2. The lowest BCUT2D eigenvalue weighted by atomic mass is 10.2. The van der Waals surface area contributed by atoms with E-state index in [0.29, 0.717) is 5.82 Å². The molecule has 3 rings (SSSR count). The third-order valence-electron chi connectivity index (χ3n) is 3.96. The van der Waals surface area contributed by atoms with Crippen molar-refractivity contribution < 1.29 is 13.5 Å². The number of hydrogen-bond donors (Lipinski definition) is 0. The van der Waals surface area contributed by atoms with Gasteiger partial charge in [0.05, 0.1) is 0 Å². The lowest BCUT2D eigenvalue weighted by Gasteiger charge is -2.18. The van der Waals surface area contributed by atoms with E-state index in [1.54, 1.807) is 4.57 Å². The maximum atomic E-state index is 13.8. The summed E-state index contributed by atoms with van der Waals surface area (Å²) in [5.74, 6) is -0.876. The number of benzene rings is 2. The summed E-state index contributed by atoms with van der Waals surface area (Å²) in [6.07, 6.45) is 0. The molecule has 0 bridgehead atoms. The van der Waals surface area contributed by atoms with Crippen molar-refractivity contribution in [2.45, 2.75) is 26.5 Å². The van der Waals surface area contributed by atoms with E-state index in [9.17, 15) is 13.6 Å². The second-order valence-electron chi connectivity index (χ2n) is 6.21. The molecule has 3 aromatic rings. The monoisotopic (exact) mass is 434 g/mol. The summed E-state index contributed by atoms with van der Waals surface area (Å²) in [6, 6.07) is 12.4. The van der Waals surface area contributed by atoms with E-state index in [4.69, 9.17) is 4.74 Å². The topological polar surface area (TPSA) is 44.1 Å². The molecule has 7 heteroatoms. The van der Waals surface area contributed by atoms with Crippen molar-refractivity contribution in [2.75, 3.05) is 0 Å². The Morgan fingerprint density at radius 3 is 2.48 bits per heavy atom. The van der Waals surface area contributed by atoms with Crippen LogP contribution in [0.1, 0.15) is 25.5 Å². The van der Waals surface area contributed by atoms with Crippen molar-refractivity contribution in [2.24, 2.45) is 0 Å². The van der Waals surface area contributed by atoms with Crippen LogP contribution in [-0.2, 0) is 6.61 Å². The Morgan fingerprint density at radius 2 is 1.85 bits per heavy atom. The summed E-state index contributed by atoms with van der Waals surface area (Å²) >= 11 is 3.24. The smallest absolute Gasteiger partial charge is 0.272 e. The van der Waals surface area contributed by atoms with Crippen LogP contribution in [0.5, 0.6) is 5.88 Å². The Kier molecular flexibility index (Phi) is 5.70.